The Morgan fingerprint density at radius 2 is 1.75 bits per heavy atom. The van der Waals surface area contributed by atoms with Crippen molar-refractivity contribution in [3.8, 4) is 0 Å². The highest BCUT2D eigenvalue weighted by Gasteiger charge is 2.36. The van der Waals surface area contributed by atoms with Gasteiger partial charge in [0.1, 0.15) is 6.54 Å². The Labute approximate surface area is 165 Å². The van der Waals surface area contributed by atoms with Gasteiger partial charge in [-0.2, -0.15) is 0 Å². The molecule has 0 aromatic heterocycles. The molecule has 28 heavy (non-hydrogen) atoms. The average Bonchev–Trinajstić information content (AvgIpc) is 2.91. The summed E-state index contributed by atoms with van der Waals surface area (Å²) in [7, 11) is -3.74. The number of amides is 1. The molecule has 144 valence electrons. The van der Waals surface area contributed by atoms with Gasteiger partial charge in [0, 0.05) is 11.1 Å². The van der Waals surface area contributed by atoms with Crippen LogP contribution in [0, 0.1) is 0 Å². The Bertz CT molecular complexity index is 1170. The van der Waals surface area contributed by atoms with Crippen LogP contribution in [0.5, 0.6) is 0 Å². The lowest BCUT2D eigenvalue weighted by Crippen LogP contribution is -2.35. The number of carbonyl (C=O) groups excluding carboxylic acids is 1. The van der Waals surface area contributed by atoms with E-state index in [0.29, 0.717) is 17.0 Å². The minimum absolute atomic E-state index is 0.258. The fraction of sp³-hybridized carbons (Fsp3) is 0.227. The molecule has 1 aliphatic rings. The van der Waals surface area contributed by atoms with E-state index in [1.807, 2.05) is 42.5 Å². The van der Waals surface area contributed by atoms with Gasteiger partial charge in [0.05, 0.1) is 10.6 Å². The predicted molar refractivity (Wildman–Crippen MR) is 112 cm³/mol. The molecular formula is C22H22N2O3S. The molecule has 0 unspecified atom stereocenters. The average molecular weight is 394 g/mol. The van der Waals surface area contributed by atoms with E-state index in [2.05, 4.69) is 19.2 Å². The number of benzene rings is 3. The van der Waals surface area contributed by atoms with Crippen LogP contribution < -0.4 is 9.62 Å². The molecule has 0 radical (unpaired) electrons. The van der Waals surface area contributed by atoms with E-state index in [9.17, 15) is 13.2 Å². The molecular weight excluding hydrogens is 372 g/mol. The lowest BCUT2D eigenvalue weighted by molar-refractivity contribution is -0.114. The van der Waals surface area contributed by atoms with E-state index >= 15 is 0 Å². The fourth-order valence-electron chi connectivity index (χ4n) is 3.71. The lowest BCUT2D eigenvalue weighted by Gasteiger charge is -2.20. The second-order valence-corrected chi connectivity index (χ2v) is 8.92. The molecule has 1 atom stereocenters. The van der Waals surface area contributed by atoms with Crippen molar-refractivity contribution in [2.75, 3.05) is 16.2 Å². The van der Waals surface area contributed by atoms with Gasteiger partial charge < -0.3 is 5.32 Å². The quantitative estimate of drug-likeness (QED) is 0.693. The van der Waals surface area contributed by atoms with Crippen molar-refractivity contribution in [1.29, 1.82) is 0 Å². The van der Waals surface area contributed by atoms with Gasteiger partial charge in [0.2, 0.25) is 5.91 Å². The summed E-state index contributed by atoms with van der Waals surface area (Å²) < 4.78 is 27.2. The molecule has 0 fully saturated rings. The van der Waals surface area contributed by atoms with Gasteiger partial charge >= 0.3 is 0 Å². The molecule has 3 aromatic rings. The summed E-state index contributed by atoms with van der Waals surface area (Å²) in [6.07, 6.45) is 0.949. The second kappa shape index (κ2) is 6.95. The van der Waals surface area contributed by atoms with Crippen molar-refractivity contribution in [1.82, 2.24) is 0 Å². The first-order chi connectivity index (χ1) is 13.4. The highest BCUT2D eigenvalue weighted by molar-refractivity contribution is 7.93. The Balaban J connectivity index is 1.64. The third kappa shape index (κ3) is 2.94. The van der Waals surface area contributed by atoms with Crippen LogP contribution in [0.25, 0.3) is 10.8 Å². The van der Waals surface area contributed by atoms with Crippen LogP contribution in [0.15, 0.2) is 65.6 Å². The van der Waals surface area contributed by atoms with Crippen LogP contribution in [-0.2, 0) is 14.8 Å². The smallest absolute Gasteiger partial charge is 0.265 e. The highest BCUT2D eigenvalue weighted by Crippen LogP contribution is 2.41. The van der Waals surface area contributed by atoms with Crippen molar-refractivity contribution >= 4 is 38.1 Å². The molecule has 0 bridgehead atoms. The third-order valence-corrected chi connectivity index (χ3v) is 7.15. The number of nitrogens with zero attached hydrogens (tertiary/aromatic N) is 1. The van der Waals surface area contributed by atoms with Crippen LogP contribution in [0.3, 0.4) is 0 Å². The van der Waals surface area contributed by atoms with Crippen molar-refractivity contribution in [2.45, 2.75) is 31.1 Å². The van der Waals surface area contributed by atoms with Crippen molar-refractivity contribution in [3.63, 3.8) is 0 Å². The SMILES string of the molecule is CC[C@@H](C)c1ccccc1NC(=O)CN1c2cccc3cccc(c23)S1(=O)=O. The molecule has 6 heteroatoms. The zero-order valence-corrected chi connectivity index (χ0v) is 16.7. The fourth-order valence-corrected chi connectivity index (χ4v) is 5.38. The minimum Gasteiger partial charge on any atom is -0.324 e. The maximum absolute atomic E-state index is 13.0. The molecule has 0 saturated carbocycles. The molecule has 1 heterocycles. The van der Waals surface area contributed by atoms with Gasteiger partial charge in [-0.05, 0) is 41.5 Å². The summed E-state index contributed by atoms with van der Waals surface area (Å²) in [6, 6.07) is 18.3. The number of sulfonamides is 1. The minimum atomic E-state index is -3.74. The van der Waals surface area contributed by atoms with Gasteiger partial charge in [-0.15, -0.1) is 0 Å². The van der Waals surface area contributed by atoms with E-state index in [-0.39, 0.29) is 17.3 Å². The van der Waals surface area contributed by atoms with Crippen molar-refractivity contribution in [2.24, 2.45) is 0 Å². The van der Waals surface area contributed by atoms with Crippen molar-refractivity contribution < 1.29 is 13.2 Å². The number of carbonyl (C=O) groups is 1. The summed E-state index contributed by atoms with van der Waals surface area (Å²) in [5, 5.41) is 4.43. The molecule has 0 saturated heterocycles. The topological polar surface area (TPSA) is 66.5 Å². The van der Waals surface area contributed by atoms with Crippen LogP contribution in [0.1, 0.15) is 31.7 Å². The normalized spacial score (nSPS) is 15.6. The highest BCUT2D eigenvalue weighted by atomic mass is 32.2. The molecule has 1 aliphatic heterocycles. The molecule has 1 N–H and O–H groups in total. The number of nitrogens with one attached hydrogen (secondary N) is 1. The first-order valence-electron chi connectivity index (χ1n) is 9.36. The first kappa shape index (κ1) is 18.5. The summed E-state index contributed by atoms with van der Waals surface area (Å²) in [6.45, 7) is 3.94. The number of para-hydroxylation sites is 1. The third-order valence-electron chi connectivity index (χ3n) is 5.35. The van der Waals surface area contributed by atoms with Crippen molar-refractivity contribution in [3.05, 3.63) is 66.2 Å². The summed E-state index contributed by atoms with van der Waals surface area (Å²) >= 11 is 0. The second-order valence-electron chi connectivity index (χ2n) is 7.09. The van der Waals surface area contributed by atoms with E-state index in [4.69, 9.17) is 0 Å². The number of hydrogen-bond acceptors (Lipinski definition) is 3. The number of anilines is 2. The van der Waals surface area contributed by atoms with Gasteiger partial charge in [-0.25, -0.2) is 8.42 Å². The Kier molecular flexibility index (Phi) is 4.59. The summed E-state index contributed by atoms with van der Waals surface area (Å²) in [5.41, 5.74) is 2.33. The Hall–Kier alpha value is -2.86. The van der Waals surface area contributed by atoms with Gasteiger partial charge in [-0.3, -0.25) is 9.10 Å². The zero-order valence-electron chi connectivity index (χ0n) is 15.8. The monoisotopic (exact) mass is 394 g/mol. The zero-order chi connectivity index (χ0) is 19.9. The van der Waals surface area contributed by atoms with Crippen LogP contribution >= 0.6 is 0 Å². The van der Waals surface area contributed by atoms with Crippen LogP contribution in [-0.4, -0.2) is 20.9 Å². The molecule has 3 aromatic carbocycles. The van der Waals surface area contributed by atoms with Gasteiger partial charge in [0.15, 0.2) is 0 Å². The van der Waals surface area contributed by atoms with E-state index in [1.165, 1.54) is 4.31 Å². The van der Waals surface area contributed by atoms with Gasteiger partial charge in [-0.1, -0.05) is 56.3 Å². The molecule has 5 nitrogen and oxygen atoms in total. The van der Waals surface area contributed by atoms with Gasteiger partial charge in [0.25, 0.3) is 10.0 Å². The molecule has 0 aliphatic carbocycles. The van der Waals surface area contributed by atoms with Crippen LogP contribution in [0.2, 0.25) is 0 Å². The van der Waals surface area contributed by atoms with E-state index in [1.54, 1.807) is 18.2 Å². The summed E-state index contributed by atoms with van der Waals surface area (Å²) in [4.78, 5) is 13.0. The standard InChI is InChI=1S/C22H22N2O3S/c1-3-15(2)17-10-4-5-11-18(17)23-21(25)14-24-19-12-6-8-16-9-7-13-20(22(16)19)28(24,26)27/h4-13,15H,3,14H2,1-2H3,(H,23,25)/t15-/m1/s1. The molecule has 4 rings (SSSR count). The largest absolute Gasteiger partial charge is 0.324 e. The number of rotatable bonds is 5. The summed E-state index contributed by atoms with van der Waals surface area (Å²) in [5.74, 6) is -0.0610. The number of hydrogen-bond donors (Lipinski definition) is 1. The molecule has 1 amide bonds. The Morgan fingerprint density at radius 1 is 1.04 bits per heavy atom. The maximum Gasteiger partial charge on any atom is 0.265 e. The molecule has 0 spiro atoms. The Morgan fingerprint density at radius 3 is 2.50 bits per heavy atom. The predicted octanol–water partition coefficient (Wildman–Crippen LogP) is 4.50. The maximum atomic E-state index is 13.0. The first-order valence-corrected chi connectivity index (χ1v) is 10.8. The van der Waals surface area contributed by atoms with E-state index < -0.39 is 10.0 Å². The van der Waals surface area contributed by atoms with Crippen LogP contribution in [0.4, 0.5) is 11.4 Å². The lowest BCUT2D eigenvalue weighted by atomic mass is 9.97. The van der Waals surface area contributed by atoms with E-state index in [0.717, 1.165) is 23.1 Å².